The fourth-order valence-electron chi connectivity index (χ4n) is 1.96. The van der Waals surface area contributed by atoms with E-state index in [1.807, 2.05) is 0 Å². The topological polar surface area (TPSA) is 112 Å². The molecule has 20 heavy (non-hydrogen) atoms. The Morgan fingerprint density at radius 1 is 1.25 bits per heavy atom. The normalized spacial score (nSPS) is 12.4. The molecule has 2 N–H and O–H groups in total. The Labute approximate surface area is 112 Å². The van der Waals surface area contributed by atoms with E-state index in [-0.39, 0.29) is 11.4 Å². The molecule has 0 radical (unpaired) electrons. The van der Waals surface area contributed by atoms with Crippen molar-refractivity contribution in [3.05, 3.63) is 58.2 Å². The summed E-state index contributed by atoms with van der Waals surface area (Å²) in [6.45, 7) is 0. The first-order valence-corrected chi connectivity index (χ1v) is 5.73. The molecular weight excluding hydrogens is 262 g/mol. The number of nitro groups is 1. The number of benzene rings is 1. The Bertz CT molecular complexity index is 785. The highest BCUT2D eigenvalue weighted by Gasteiger charge is 2.21. The van der Waals surface area contributed by atoms with Crippen LogP contribution in [0.2, 0.25) is 0 Å². The van der Waals surface area contributed by atoms with Crippen molar-refractivity contribution in [2.24, 2.45) is 0 Å². The Balaban J connectivity index is 2.07. The summed E-state index contributed by atoms with van der Waals surface area (Å²) >= 11 is 0. The van der Waals surface area contributed by atoms with Gasteiger partial charge < -0.3 is 10.3 Å². The summed E-state index contributed by atoms with van der Waals surface area (Å²) in [5, 5.41) is 30.3. The van der Waals surface area contributed by atoms with Gasteiger partial charge in [-0.2, -0.15) is 5.10 Å². The number of rotatable bonds is 3. The first kappa shape index (κ1) is 12.2. The maximum absolute atomic E-state index is 12.4. The number of pyridine rings is 1. The van der Waals surface area contributed by atoms with Gasteiger partial charge in [0, 0.05) is 29.8 Å². The third-order valence-corrected chi connectivity index (χ3v) is 2.94. The number of nitrogens with zero attached hydrogens (tertiary/aromatic N) is 3. The standard InChI is InChI=1S/C12H9N5O3/c18-16(12-7-13-4-3-11(12)17(19)20)9-1-2-10-8(5-9)6-14-15-10/h1-7,16H,(H,14,15). The van der Waals surface area contributed by atoms with Gasteiger partial charge in [0.05, 0.1) is 22.8 Å². The second-order valence-electron chi connectivity index (χ2n) is 4.15. The number of aromatic amines is 1. The molecule has 0 aliphatic rings. The Hall–Kier alpha value is -2.84. The molecule has 1 unspecified atom stereocenters. The molecule has 1 atom stereocenters. The van der Waals surface area contributed by atoms with Crippen LogP contribution in [0.3, 0.4) is 0 Å². The molecule has 0 amide bonds. The van der Waals surface area contributed by atoms with Crippen molar-refractivity contribution in [1.82, 2.24) is 15.2 Å². The van der Waals surface area contributed by atoms with Crippen LogP contribution < -0.4 is 5.06 Å². The highest BCUT2D eigenvalue weighted by molar-refractivity contribution is 5.80. The lowest BCUT2D eigenvalue weighted by Gasteiger charge is -2.20. The molecule has 1 aromatic carbocycles. The van der Waals surface area contributed by atoms with Crippen LogP contribution in [0.1, 0.15) is 0 Å². The average molecular weight is 271 g/mol. The number of quaternary nitrogens is 1. The van der Waals surface area contributed by atoms with Gasteiger partial charge in [0.1, 0.15) is 5.69 Å². The zero-order valence-electron chi connectivity index (χ0n) is 10.1. The summed E-state index contributed by atoms with van der Waals surface area (Å²) in [5.41, 5.74) is 0.870. The summed E-state index contributed by atoms with van der Waals surface area (Å²) in [6.07, 6.45) is 4.08. The number of fused-ring (bicyclic) bond motifs is 1. The molecule has 100 valence electrons. The van der Waals surface area contributed by atoms with Gasteiger partial charge in [-0.15, -0.1) is 0 Å². The fourth-order valence-corrected chi connectivity index (χ4v) is 1.96. The van der Waals surface area contributed by atoms with E-state index in [1.54, 1.807) is 24.4 Å². The lowest BCUT2D eigenvalue weighted by Crippen LogP contribution is -2.96. The summed E-state index contributed by atoms with van der Waals surface area (Å²) in [6, 6.07) is 6.15. The molecule has 3 rings (SSSR count). The molecule has 0 spiro atoms. The summed E-state index contributed by atoms with van der Waals surface area (Å²) < 4.78 is 0. The largest absolute Gasteiger partial charge is 0.623 e. The molecule has 0 saturated carbocycles. The molecule has 8 nitrogen and oxygen atoms in total. The number of aromatic nitrogens is 3. The van der Waals surface area contributed by atoms with Crippen molar-refractivity contribution >= 4 is 28.0 Å². The van der Waals surface area contributed by atoms with Crippen molar-refractivity contribution < 1.29 is 9.99 Å². The van der Waals surface area contributed by atoms with Crippen LogP contribution >= 0.6 is 0 Å². The lowest BCUT2D eigenvalue weighted by atomic mass is 10.2. The molecular formula is C12H9N5O3. The van der Waals surface area contributed by atoms with E-state index in [1.165, 1.54) is 18.5 Å². The number of H-pyrrole nitrogens is 1. The van der Waals surface area contributed by atoms with E-state index >= 15 is 0 Å². The molecule has 0 saturated heterocycles. The van der Waals surface area contributed by atoms with Gasteiger partial charge in [-0.05, 0) is 6.07 Å². The van der Waals surface area contributed by atoms with Crippen molar-refractivity contribution in [3.63, 3.8) is 0 Å². The molecule has 3 aromatic rings. The van der Waals surface area contributed by atoms with Crippen LogP contribution in [0.15, 0.2) is 42.9 Å². The summed E-state index contributed by atoms with van der Waals surface area (Å²) in [7, 11) is 0. The SMILES string of the molecule is O=[N+]([O-])c1ccncc1[NH+]([O-])c1ccc2[nH]ncc2c1. The Morgan fingerprint density at radius 3 is 2.90 bits per heavy atom. The smallest absolute Gasteiger partial charge is 0.333 e. The molecule has 0 aliphatic carbocycles. The van der Waals surface area contributed by atoms with Gasteiger partial charge in [0.2, 0.25) is 5.69 Å². The molecule has 8 heteroatoms. The van der Waals surface area contributed by atoms with Crippen LogP contribution in [0, 0.1) is 15.3 Å². The zero-order valence-corrected chi connectivity index (χ0v) is 10.1. The molecule has 0 aliphatic heterocycles. The van der Waals surface area contributed by atoms with E-state index < -0.39 is 9.99 Å². The van der Waals surface area contributed by atoms with Gasteiger partial charge in [0.15, 0.2) is 0 Å². The summed E-state index contributed by atoms with van der Waals surface area (Å²) in [4.78, 5) is 14.1. The number of hydrogen-bond acceptors (Lipinski definition) is 5. The van der Waals surface area contributed by atoms with E-state index in [9.17, 15) is 15.3 Å². The van der Waals surface area contributed by atoms with E-state index in [0.717, 1.165) is 10.9 Å². The van der Waals surface area contributed by atoms with Crippen LogP contribution in [0.25, 0.3) is 10.9 Å². The zero-order chi connectivity index (χ0) is 14.1. The van der Waals surface area contributed by atoms with Crippen molar-refractivity contribution in [1.29, 1.82) is 0 Å². The monoisotopic (exact) mass is 271 g/mol. The maximum Gasteiger partial charge on any atom is 0.333 e. The van der Waals surface area contributed by atoms with Crippen LogP contribution in [-0.2, 0) is 0 Å². The molecule has 0 bridgehead atoms. The Kier molecular flexibility index (Phi) is 2.86. The lowest BCUT2D eigenvalue weighted by molar-refractivity contribution is -0.701. The van der Waals surface area contributed by atoms with Gasteiger partial charge in [-0.3, -0.25) is 20.2 Å². The Morgan fingerprint density at radius 2 is 2.10 bits per heavy atom. The van der Waals surface area contributed by atoms with Gasteiger partial charge >= 0.3 is 5.69 Å². The number of hydrogen-bond donors (Lipinski definition) is 2. The van der Waals surface area contributed by atoms with Gasteiger partial charge in [-0.1, -0.05) is 0 Å². The minimum Gasteiger partial charge on any atom is -0.623 e. The van der Waals surface area contributed by atoms with Crippen LogP contribution in [-0.4, -0.2) is 20.1 Å². The van der Waals surface area contributed by atoms with Crippen molar-refractivity contribution in [2.45, 2.75) is 0 Å². The average Bonchev–Trinajstić information content (AvgIpc) is 2.93. The minimum absolute atomic E-state index is 0.0275. The third-order valence-electron chi connectivity index (χ3n) is 2.94. The van der Waals surface area contributed by atoms with E-state index in [4.69, 9.17) is 0 Å². The maximum atomic E-state index is 12.4. The van der Waals surface area contributed by atoms with Crippen LogP contribution in [0.5, 0.6) is 0 Å². The van der Waals surface area contributed by atoms with Crippen molar-refractivity contribution in [3.8, 4) is 0 Å². The quantitative estimate of drug-likeness (QED) is 0.549. The second kappa shape index (κ2) is 4.68. The van der Waals surface area contributed by atoms with E-state index in [2.05, 4.69) is 15.2 Å². The highest BCUT2D eigenvalue weighted by atomic mass is 16.6. The third kappa shape index (κ3) is 1.98. The minimum atomic E-state index is -0.592. The fraction of sp³-hybridized carbons (Fsp3) is 0. The molecule has 2 aromatic heterocycles. The highest BCUT2D eigenvalue weighted by Crippen LogP contribution is 2.21. The molecule has 0 fully saturated rings. The summed E-state index contributed by atoms with van der Waals surface area (Å²) in [5.74, 6) is 0. The van der Waals surface area contributed by atoms with Crippen LogP contribution in [0.4, 0.5) is 17.1 Å². The predicted octanol–water partition coefficient (Wildman–Crippen LogP) is 1.21. The molecule has 2 heterocycles. The first-order valence-electron chi connectivity index (χ1n) is 5.73. The predicted molar refractivity (Wildman–Crippen MR) is 70.6 cm³/mol. The number of nitrogens with one attached hydrogen (secondary N) is 2. The first-order chi connectivity index (χ1) is 9.66. The van der Waals surface area contributed by atoms with E-state index in [0.29, 0.717) is 5.69 Å². The van der Waals surface area contributed by atoms with Crippen molar-refractivity contribution in [2.75, 3.05) is 0 Å². The van der Waals surface area contributed by atoms with Gasteiger partial charge in [-0.25, -0.2) is 0 Å². The van der Waals surface area contributed by atoms with Gasteiger partial charge in [0.25, 0.3) is 0 Å². The second-order valence-corrected chi connectivity index (χ2v) is 4.15.